The van der Waals surface area contributed by atoms with E-state index in [0.717, 1.165) is 33.7 Å². The van der Waals surface area contributed by atoms with Crippen LogP contribution in [0.15, 0.2) is 218 Å². The third-order valence-electron chi connectivity index (χ3n) is 15.6. The quantitative estimate of drug-likeness (QED) is 0.165. The average molecular weight is 897 g/mol. The fourth-order valence-electron chi connectivity index (χ4n) is 12.7. The lowest BCUT2D eigenvalue weighted by Crippen LogP contribution is -2.63. The highest BCUT2D eigenvalue weighted by Crippen LogP contribution is 2.65. The van der Waals surface area contributed by atoms with Crippen LogP contribution < -0.4 is 30.1 Å². The van der Waals surface area contributed by atoms with E-state index in [2.05, 4.69) is 225 Å². The zero-order valence-corrected chi connectivity index (χ0v) is 39.1. The lowest BCUT2D eigenvalue weighted by atomic mass is 9.42. The zero-order valence-electron chi connectivity index (χ0n) is 39.1. The minimum atomic E-state index is -0.553. The van der Waals surface area contributed by atoms with E-state index in [4.69, 9.17) is 9.47 Å². The summed E-state index contributed by atoms with van der Waals surface area (Å²) in [5.41, 5.74) is 23.7. The van der Waals surface area contributed by atoms with Crippen molar-refractivity contribution in [3.05, 3.63) is 246 Å². The molecule has 4 heterocycles. The molecule has 0 unspecified atom stereocenters. The predicted molar refractivity (Wildman–Crippen MR) is 287 cm³/mol. The standard InChI is InChI=1S/C65H45BN2O2/c1-64(2,3)43-33-34-54(47(37-43)41-21-8-5-9-22-41)67-56-39-61-60(69-58-31-16-17-32-59(58)70-61)38-53(56)66-62-48(35-42(36-57(62)67)40-19-6-4-7-20-40)46-25-18-29-52-63(46)68(66)55-30-15-14-28-51(55)65(52)49-26-12-10-23-44(49)45-24-11-13-27-50(45)65/h4-39H,1-3H3. The molecule has 0 aromatic heterocycles. The van der Waals surface area contributed by atoms with E-state index in [9.17, 15) is 0 Å². The Morgan fingerprint density at radius 3 is 1.67 bits per heavy atom. The molecule has 10 aromatic carbocycles. The van der Waals surface area contributed by atoms with Crippen molar-refractivity contribution >= 4 is 46.2 Å². The Labute approximate surface area is 408 Å². The van der Waals surface area contributed by atoms with Gasteiger partial charge in [0, 0.05) is 39.9 Å². The summed E-state index contributed by atoms with van der Waals surface area (Å²) < 4.78 is 13.7. The minimum absolute atomic E-state index is 0.0717. The highest BCUT2D eigenvalue weighted by molar-refractivity contribution is 6.94. The fraction of sp³-hybridized carbons (Fsp3) is 0.0769. The molecular formula is C65H45BN2O2. The largest absolute Gasteiger partial charge is 0.450 e. The number of benzene rings is 10. The molecular weight excluding hydrogens is 852 g/mol. The molecule has 10 aromatic rings. The van der Waals surface area contributed by atoms with Crippen LogP contribution in [-0.2, 0) is 10.8 Å². The monoisotopic (exact) mass is 896 g/mol. The molecule has 0 saturated heterocycles. The van der Waals surface area contributed by atoms with Crippen LogP contribution in [0, 0.1) is 0 Å². The average Bonchev–Trinajstić information content (AvgIpc) is 3.70. The molecule has 4 aliphatic heterocycles. The van der Waals surface area contributed by atoms with Gasteiger partial charge in [-0.1, -0.05) is 185 Å². The van der Waals surface area contributed by atoms with Gasteiger partial charge in [0.1, 0.15) is 0 Å². The van der Waals surface area contributed by atoms with E-state index < -0.39 is 5.41 Å². The van der Waals surface area contributed by atoms with Crippen LogP contribution in [0.1, 0.15) is 48.6 Å². The third-order valence-corrected chi connectivity index (χ3v) is 15.6. The molecule has 0 atom stereocenters. The fourth-order valence-corrected chi connectivity index (χ4v) is 12.7. The molecule has 15 rings (SSSR count). The Morgan fingerprint density at radius 1 is 0.386 bits per heavy atom. The molecule has 0 amide bonds. The van der Waals surface area contributed by atoms with Crippen molar-refractivity contribution in [2.75, 3.05) is 9.71 Å². The van der Waals surface area contributed by atoms with Gasteiger partial charge in [0.2, 0.25) is 0 Å². The number of anilines is 5. The summed E-state index contributed by atoms with van der Waals surface area (Å²) in [5.74, 6) is 2.80. The Hall–Kier alpha value is -8.54. The zero-order chi connectivity index (χ0) is 46.5. The maximum absolute atomic E-state index is 6.87. The van der Waals surface area contributed by atoms with Gasteiger partial charge in [0.25, 0.3) is 0 Å². The van der Waals surface area contributed by atoms with Gasteiger partial charge in [0.05, 0.1) is 11.1 Å². The number of para-hydroxylation sites is 4. The van der Waals surface area contributed by atoms with E-state index in [1.54, 1.807) is 0 Å². The van der Waals surface area contributed by atoms with Gasteiger partial charge < -0.3 is 19.2 Å². The number of hydrogen-bond acceptors (Lipinski definition) is 4. The maximum Gasteiger partial charge on any atom is 0.333 e. The second-order valence-electron chi connectivity index (χ2n) is 20.3. The second-order valence-corrected chi connectivity index (χ2v) is 20.3. The van der Waals surface area contributed by atoms with Crippen molar-refractivity contribution in [2.45, 2.75) is 31.6 Å². The first-order valence-corrected chi connectivity index (χ1v) is 24.4. The summed E-state index contributed by atoms with van der Waals surface area (Å²) in [6.45, 7) is 6.65. The SMILES string of the molecule is CC(C)(C)c1ccc(N2c3cc4c(cc3B3c5c(cc(-c6ccccc6)cc52)-c2cccc5c2N3c2ccccc2C52c3ccccc3-c3ccccc32)Oc2ccccc2O4)c(-c2ccccc2)c1. The first-order chi connectivity index (χ1) is 34.4. The third kappa shape index (κ3) is 5.27. The smallest absolute Gasteiger partial charge is 0.333 e. The van der Waals surface area contributed by atoms with Crippen molar-refractivity contribution in [3.63, 3.8) is 0 Å². The lowest BCUT2D eigenvalue weighted by Gasteiger charge is -2.52. The molecule has 1 aliphatic carbocycles. The molecule has 0 radical (unpaired) electrons. The Bertz CT molecular complexity index is 3810. The van der Waals surface area contributed by atoms with Gasteiger partial charge in [-0.15, -0.1) is 0 Å². The van der Waals surface area contributed by atoms with Gasteiger partial charge in [0.15, 0.2) is 23.0 Å². The van der Waals surface area contributed by atoms with E-state index in [1.807, 2.05) is 24.3 Å². The summed E-state index contributed by atoms with van der Waals surface area (Å²) in [6, 6.07) is 80.8. The molecule has 0 bridgehead atoms. The molecule has 5 aliphatic rings. The van der Waals surface area contributed by atoms with E-state index in [1.165, 1.54) is 78.0 Å². The Balaban J connectivity index is 1.10. The lowest BCUT2D eigenvalue weighted by molar-refractivity contribution is 0.360. The minimum Gasteiger partial charge on any atom is -0.450 e. The van der Waals surface area contributed by atoms with Gasteiger partial charge >= 0.3 is 6.85 Å². The Morgan fingerprint density at radius 2 is 0.971 bits per heavy atom. The summed E-state index contributed by atoms with van der Waals surface area (Å²) in [4.78, 5) is 5.22. The normalized spacial score (nSPS) is 14.5. The molecule has 70 heavy (non-hydrogen) atoms. The summed E-state index contributed by atoms with van der Waals surface area (Å²) in [6.07, 6.45) is 0. The van der Waals surface area contributed by atoms with Crippen molar-refractivity contribution < 1.29 is 9.47 Å². The number of ether oxygens (including phenoxy) is 2. The van der Waals surface area contributed by atoms with Crippen molar-refractivity contribution in [3.8, 4) is 67.5 Å². The molecule has 330 valence electrons. The summed E-state index contributed by atoms with van der Waals surface area (Å²) in [7, 11) is 0. The van der Waals surface area contributed by atoms with Crippen LogP contribution in [0.4, 0.5) is 28.4 Å². The van der Waals surface area contributed by atoms with Crippen LogP contribution in [-0.4, -0.2) is 6.85 Å². The van der Waals surface area contributed by atoms with Gasteiger partial charge in [-0.05, 0) is 126 Å². The summed E-state index contributed by atoms with van der Waals surface area (Å²) in [5, 5.41) is 0. The van der Waals surface area contributed by atoms with Gasteiger partial charge in [-0.25, -0.2) is 0 Å². The molecule has 0 fully saturated rings. The second kappa shape index (κ2) is 14.3. The molecule has 5 heteroatoms. The highest BCUT2D eigenvalue weighted by atomic mass is 16.6. The molecule has 0 N–H and O–H groups in total. The van der Waals surface area contributed by atoms with Crippen LogP contribution in [0.5, 0.6) is 23.0 Å². The Kier molecular flexibility index (Phi) is 8.04. The first-order valence-electron chi connectivity index (χ1n) is 24.4. The van der Waals surface area contributed by atoms with E-state index >= 15 is 0 Å². The number of hydrogen-bond donors (Lipinski definition) is 0. The molecule has 4 nitrogen and oxygen atoms in total. The molecule has 0 saturated carbocycles. The maximum atomic E-state index is 6.87. The van der Waals surface area contributed by atoms with Crippen molar-refractivity contribution in [1.82, 2.24) is 0 Å². The highest BCUT2D eigenvalue weighted by Gasteiger charge is 2.56. The topological polar surface area (TPSA) is 24.9 Å². The van der Waals surface area contributed by atoms with E-state index in [-0.39, 0.29) is 12.3 Å². The number of rotatable bonds is 3. The van der Waals surface area contributed by atoms with Crippen molar-refractivity contribution in [2.24, 2.45) is 0 Å². The van der Waals surface area contributed by atoms with Crippen LogP contribution in [0.3, 0.4) is 0 Å². The first kappa shape index (κ1) is 39.5. The number of fused-ring (bicyclic) bond motifs is 15. The van der Waals surface area contributed by atoms with Crippen LogP contribution >= 0.6 is 0 Å². The van der Waals surface area contributed by atoms with Crippen LogP contribution in [0.25, 0.3) is 44.5 Å². The van der Waals surface area contributed by atoms with Crippen molar-refractivity contribution in [1.29, 1.82) is 0 Å². The predicted octanol–water partition coefficient (Wildman–Crippen LogP) is 15.6. The molecule has 1 spiro atoms. The van der Waals surface area contributed by atoms with Crippen LogP contribution in [0.2, 0.25) is 0 Å². The van der Waals surface area contributed by atoms with E-state index in [0.29, 0.717) is 23.0 Å². The van der Waals surface area contributed by atoms with Gasteiger partial charge in [-0.3, -0.25) is 0 Å². The summed E-state index contributed by atoms with van der Waals surface area (Å²) >= 11 is 0. The van der Waals surface area contributed by atoms with Gasteiger partial charge in [-0.2, -0.15) is 0 Å². The number of nitrogens with zero attached hydrogens (tertiary/aromatic N) is 2.